The fourth-order valence-corrected chi connectivity index (χ4v) is 4.46. The van der Waals surface area contributed by atoms with Crippen LogP contribution in [-0.2, 0) is 30.5 Å². The minimum atomic E-state index is -0.641. The molecular weight excluding hydrogens is 412 g/mol. The van der Waals surface area contributed by atoms with Crippen LogP contribution in [0, 0.1) is 0 Å². The lowest BCUT2D eigenvalue weighted by Crippen LogP contribution is -2.36. The minimum absolute atomic E-state index is 0.0661. The maximum Gasteiger partial charge on any atom is 0.224 e. The standard InChI is InChI=1S/C27H32N4O2/c1-18(29-17-25(32)23-9-10-26(28)30-16-23)11-19-5-4-6-20(12-19)13-27(33)31-24-14-21-7-2-3-8-22(21)15-24/h2-10,12,16,18,24-25,29,32H,11,13-15,17H2,1H3,(H2,28,30)(H,31,33)/t18-,25-/m1/s1. The molecule has 1 heterocycles. The fourth-order valence-electron chi connectivity index (χ4n) is 4.46. The van der Waals surface area contributed by atoms with Gasteiger partial charge in [0.05, 0.1) is 12.5 Å². The van der Waals surface area contributed by atoms with Gasteiger partial charge >= 0.3 is 0 Å². The molecule has 0 saturated carbocycles. The van der Waals surface area contributed by atoms with Crippen LogP contribution >= 0.6 is 0 Å². The van der Waals surface area contributed by atoms with Gasteiger partial charge in [0.2, 0.25) is 5.91 Å². The number of carbonyl (C=O) groups is 1. The third-order valence-corrected chi connectivity index (χ3v) is 6.17. The van der Waals surface area contributed by atoms with E-state index in [1.165, 1.54) is 11.1 Å². The molecular formula is C27H32N4O2. The quantitative estimate of drug-likeness (QED) is 0.407. The molecule has 0 bridgehead atoms. The number of fused-ring (bicyclic) bond motifs is 1. The Hall–Kier alpha value is -3.22. The van der Waals surface area contributed by atoms with Crippen LogP contribution in [0.5, 0.6) is 0 Å². The number of aromatic nitrogens is 1. The van der Waals surface area contributed by atoms with Gasteiger partial charge in [-0.05, 0) is 54.5 Å². The van der Waals surface area contributed by atoms with Gasteiger partial charge in [0.15, 0.2) is 0 Å². The predicted octanol–water partition coefficient (Wildman–Crippen LogP) is 2.74. The Morgan fingerprint density at radius 2 is 1.82 bits per heavy atom. The number of anilines is 1. The summed E-state index contributed by atoms with van der Waals surface area (Å²) in [6.07, 6.45) is 3.96. The van der Waals surface area contributed by atoms with Gasteiger partial charge < -0.3 is 21.5 Å². The lowest BCUT2D eigenvalue weighted by molar-refractivity contribution is -0.121. The van der Waals surface area contributed by atoms with Crippen LogP contribution in [0.3, 0.4) is 0 Å². The van der Waals surface area contributed by atoms with Crippen molar-refractivity contribution in [2.75, 3.05) is 12.3 Å². The summed E-state index contributed by atoms with van der Waals surface area (Å²) in [5.74, 6) is 0.505. The molecule has 2 aromatic carbocycles. The third kappa shape index (κ3) is 6.40. The lowest BCUT2D eigenvalue weighted by atomic mass is 10.0. The van der Waals surface area contributed by atoms with Crippen LogP contribution in [0.4, 0.5) is 5.82 Å². The molecule has 1 aliphatic carbocycles. The van der Waals surface area contributed by atoms with E-state index in [9.17, 15) is 9.90 Å². The first kappa shape index (κ1) is 23.0. The highest BCUT2D eigenvalue weighted by Gasteiger charge is 2.22. The number of hydrogen-bond acceptors (Lipinski definition) is 5. The van der Waals surface area contributed by atoms with Gasteiger partial charge in [-0.1, -0.05) is 54.6 Å². The monoisotopic (exact) mass is 444 g/mol. The van der Waals surface area contributed by atoms with Gasteiger partial charge in [0.25, 0.3) is 0 Å². The van der Waals surface area contributed by atoms with Crippen LogP contribution in [0.2, 0.25) is 0 Å². The van der Waals surface area contributed by atoms with Crippen molar-refractivity contribution in [3.8, 4) is 0 Å². The molecule has 4 rings (SSSR count). The van der Waals surface area contributed by atoms with Crippen molar-refractivity contribution in [2.45, 2.75) is 50.8 Å². The van der Waals surface area contributed by atoms with Gasteiger partial charge in [-0.15, -0.1) is 0 Å². The zero-order chi connectivity index (χ0) is 23.2. The number of nitrogen functional groups attached to an aromatic ring is 1. The summed E-state index contributed by atoms with van der Waals surface area (Å²) in [6, 6.07) is 20.4. The Labute approximate surface area is 195 Å². The van der Waals surface area contributed by atoms with E-state index in [2.05, 4.69) is 58.9 Å². The van der Waals surface area contributed by atoms with Gasteiger partial charge in [-0.25, -0.2) is 4.98 Å². The molecule has 6 nitrogen and oxygen atoms in total. The molecule has 172 valence electrons. The van der Waals surface area contributed by atoms with Crippen molar-refractivity contribution >= 4 is 11.7 Å². The molecule has 2 atom stereocenters. The third-order valence-electron chi connectivity index (χ3n) is 6.17. The number of rotatable bonds is 9. The number of nitrogens with one attached hydrogen (secondary N) is 2. The van der Waals surface area contributed by atoms with Crippen molar-refractivity contribution in [1.82, 2.24) is 15.6 Å². The first-order valence-electron chi connectivity index (χ1n) is 11.5. The van der Waals surface area contributed by atoms with Gasteiger partial charge in [-0.3, -0.25) is 4.79 Å². The van der Waals surface area contributed by atoms with E-state index in [0.717, 1.165) is 36.0 Å². The number of carbonyl (C=O) groups excluding carboxylic acids is 1. The molecule has 0 aliphatic heterocycles. The Bertz CT molecular complexity index is 1060. The van der Waals surface area contributed by atoms with E-state index in [1.54, 1.807) is 18.3 Å². The van der Waals surface area contributed by atoms with Crippen molar-refractivity contribution < 1.29 is 9.90 Å². The number of pyridine rings is 1. The van der Waals surface area contributed by atoms with Crippen molar-refractivity contribution in [1.29, 1.82) is 0 Å². The summed E-state index contributed by atoms with van der Waals surface area (Å²) in [4.78, 5) is 16.7. The van der Waals surface area contributed by atoms with Crippen LogP contribution in [0.15, 0.2) is 66.9 Å². The highest BCUT2D eigenvalue weighted by Crippen LogP contribution is 2.21. The zero-order valence-corrected chi connectivity index (χ0v) is 19.0. The molecule has 1 amide bonds. The van der Waals surface area contributed by atoms with E-state index >= 15 is 0 Å². The molecule has 1 aromatic heterocycles. The first-order chi connectivity index (χ1) is 16.0. The number of hydrogen-bond donors (Lipinski definition) is 4. The molecule has 0 fully saturated rings. The predicted molar refractivity (Wildman–Crippen MR) is 131 cm³/mol. The Morgan fingerprint density at radius 1 is 1.09 bits per heavy atom. The molecule has 3 aromatic rings. The second kappa shape index (κ2) is 10.6. The van der Waals surface area contributed by atoms with Crippen molar-refractivity contribution in [3.05, 3.63) is 94.7 Å². The summed E-state index contributed by atoms with van der Waals surface area (Å²) in [5.41, 5.74) is 11.2. The minimum Gasteiger partial charge on any atom is -0.387 e. The molecule has 0 spiro atoms. The first-order valence-corrected chi connectivity index (χ1v) is 11.5. The smallest absolute Gasteiger partial charge is 0.224 e. The second-order valence-corrected chi connectivity index (χ2v) is 8.98. The summed E-state index contributed by atoms with van der Waals surface area (Å²) in [5, 5.41) is 16.9. The topological polar surface area (TPSA) is 100 Å². The number of aliphatic hydroxyl groups excluding tert-OH is 1. The number of nitrogens with two attached hydrogens (primary N) is 1. The Morgan fingerprint density at radius 3 is 2.52 bits per heavy atom. The van der Waals surface area contributed by atoms with Crippen LogP contribution in [-0.4, -0.2) is 34.6 Å². The molecule has 0 saturated heterocycles. The molecule has 1 aliphatic rings. The Kier molecular flexibility index (Phi) is 7.37. The van der Waals surface area contributed by atoms with E-state index in [-0.39, 0.29) is 18.0 Å². The number of aliphatic hydroxyl groups is 1. The maximum absolute atomic E-state index is 12.6. The summed E-state index contributed by atoms with van der Waals surface area (Å²) in [6.45, 7) is 2.52. The summed E-state index contributed by atoms with van der Waals surface area (Å²) in [7, 11) is 0. The lowest BCUT2D eigenvalue weighted by Gasteiger charge is -2.18. The SMILES string of the molecule is C[C@H](Cc1cccc(CC(=O)NC2Cc3ccccc3C2)c1)NC[C@@H](O)c1ccc(N)nc1. The molecule has 0 radical (unpaired) electrons. The molecule has 0 unspecified atom stereocenters. The fraction of sp³-hybridized carbons (Fsp3) is 0.333. The largest absolute Gasteiger partial charge is 0.387 e. The average molecular weight is 445 g/mol. The van der Waals surface area contributed by atoms with E-state index in [1.807, 2.05) is 12.1 Å². The highest BCUT2D eigenvalue weighted by molar-refractivity contribution is 5.79. The van der Waals surface area contributed by atoms with Crippen LogP contribution in [0.25, 0.3) is 0 Å². The summed E-state index contributed by atoms with van der Waals surface area (Å²) < 4.78 is 0. The van der Waals surface area contributed by atoms with Crippen LogP contribution in [0.1, 0.15) is 40.8 Å². The van der Waals surface area contributed by atoms with Crippen molar-refractivity contribution in [2.24, 2.45) is 0 Å². The average Bonchev–Trinajstić information content (AvgIpc) is 3.20. The number of benzene rings is 2. The van der Waals surface area contributed by atoms with E-state index < -0.39 is 6.10 Å². The number of nitrogens with zero attached hydrogens (tertiary/aromatic N) is 1. The van der Waals surface area contributed by atoms with Crippen molar-refractivity contribution in [3.63, 3.8) is 0 Å². The Balaban J connectivity index is 1.24. The van der Waals surface area contributed by atoms with E-state index in [0.29, 0.717) is 18.8 Å². The summed E-state index contributed by atoms with van der Waals surface area (Å²) >= 11 is 0. The van der Waals surface area contributed by atoms with Crippen LogP contribution < -0.4 is 16.4 Å². The van der Waals surface area contributed by atoms with E-state index in [4.69, 9.17) is 5.73 Å². The molecule has 33 heavy (non-hydrogen) atoms. The maximum atomic E-state index is 12.6. The zero-order valence-electron chi connectivity index (χ0n) is 19.0. The number of amides is 1. The molecule has 5 N–H and O–H groups in total. The normalized spacial score (nSPS) is 15.1. The van der Waals surface area contributed by atoms with Gasteiger partial charge in [0, 0.05) is 30.4 Å². The highest BCUT2D eigenvalue weighted by atomic mass is 16.3. The second-order valence-electron chi connectivity index (χ2n) is 8.98. The van der Waals surface area contributed by atoms with Gasteiger partial charge in [-0.2, -0.15) is 0 Å². The van der Waals surface area contributed by atoms with Gasteiger partial charge in [0.1, 0.15) is 5.82 Å². The molecule has 6 heteroatoms.